The standard InChI is InChI=1S/C11H10F4N2O/c1-2-3-7(16)11(18)17-10-8(14)5(12)4-6(13)9(10)15/h2,4,7H,1,3,16H2,(H,17,18). The second-order valence-corrected chi connectivity index (χ2v) is 3.46. The minimum atomic E-state index is -1.69. The van der Waals surface area contributed by atoms with E-state index in [-0.39, 0.29) is 12.5 Å². The molecular formula is C11H10F4N2O. The number of amides is 1. The Bertz CT molecular complexity index is 464. The largest absolute Gasteiger partial charge is 0.320 e. The number of hydrogen-bond acceptors (Lipinski definition) is 2. The lowest BCUT2D eigenvalue weighted by atomic mass is 10.2. The van der Waals surface area contributed by atoms with E-state index >= 15 is 0 Å². The summed E-state index contributed by atoms with van der Waals surface area (Å²) in [4.78, 5) is 11.4. The number of benzene rings is 1. The van der Waals surface area contributed by atoms with E-state index < -0.39 is 40.9 Å². The second kappa shape index (κ2) is 5.63. The Labute approximate surface area is 100 Å². The monoisotopic (exact) mass is 262 g/mol. The molecule has 0 aliphatic carbocycles. The molecule has 0 aliphatic rings. The van der Waals surface area contributed by atoms with Crippen LogP contribution in [0.25, 0.3) is 0 Å². The van der Waals surface area contributed by atoms with E-state index in [1.54, 1.807) is 5.32 Å². The first-order valence-electron chi connectivity index (χ1n) is 4.88. The maximum Gasteiger partial charge on any atom is 0.241 e. The number of carbonyl (C=O) groups is 1. The first-order chi connectivity index (χ1) is 8.38. The summed E-state index contributed by atoms with van der Waals surface area (Å²) in [5.41, 5.74) is 4.14. The number of carbonyl (C=O) groups excluding carboxylic acids is 1. The summed E-state index contributed by atoms with van der Waals surface area (Å²) in [6.45, 7) is 3.33. The molecule has 1 amide bonds. The van der Waals surface area contributed by atoms with Gasteiger partial charge in [0.1, 0.15) is 5.69 Å². The Morgan fingerprint density at radius 3 is 2.28 bits per heavy atom. The summed E-state index contributed by atoms with van der Waals surface area (Å²) in [7, 11) is 0. The molecule has 0 spiro atoms. The van der Waals surface area contributed by atoms with Crippen LogP contribution in [-0.4, -0.2) is 11.9 Å². The zero-order valence-electron chi connectivity index (χ0n) is 9.14. The van der Waals surface area contributed by atoms with Gasteiger partial charge in [0.05, 0.1) is 6.04 Å². The summed E-state index contributed by atoms with van der Waals surface area (Å²) in [6.07, 6.45) is 1.37. The minimum absolute atomic E-state index is 0.0456. The Kier molecular flexibility index (Phi) is 4.43. The maximum atomic E-state index is 13.2. The highest BCUT2D eigenvalue weighted by Gasteiger charge is 2.22. The van der Waals surface area contributed by atoms with Crippen LogP contribution in [0.1, 0.15) is 6.42 Å². The third-order valence-electron chi connectivity index (χ3n) is 2.12. The molecule has 0 fully saturated rings. The molecule has 3 nitrogen and oxygen atoms in total. The second-order valence-electron chi connectivity index (χ2n) is 3.46. The summed E-state index contributed by atoms with van der Waals surface area (Å²) in [5.74, 6) is -7.57. The van der Waals surface area contributed by atoms with Crippen LogP contribution >= 0.6 is 0 Å². The summed E-state index contributed by atoms with van der Waals surface area (Å²) in [6, 6.07) is -1.07. The molecule has 0 aromatic heterocycles. The van der Waals surface area contributed by atoms with E-state index in [4.69, 9.17) is 5.73 Å². The maximum absolute atomic E-state index is 13.2. The average molecular weight is 262 g/mol. The van der Waals surface area contributed by atoms with Gasteiger partial charge in [0.2, 0.25) is 5.91 Å². The number of nitrogens with one attached hydrogen (secondary N) is 1. The van der Waals surface area contributed by atoms with E-state index in [0.717, 1.165) is 0 Å². The van der Waals surface area contributed by atoms with Gasteiger partial charge in [-0.15, -0.1) is 6.58 Å². The zero-order valence-corrected chi connectivity index (χ0v) is 9.14. The molecular weight excluding hydrogens is 252 g/mol. The minimum Gasteiger partial charge on any atom is -0.320 e. The van der Waals surface area contributed by atoms with Gasteiger partial charge in [-0.25, -0.2) is 17.6 Å². The van der Waals surface area contributed by atoms with Gasteiger partial charge in [-0.1, -0.05) is 6.08 Å². The lowest BCUT2D eigenvalue weighted by molar-refractivity contribution is -0.117. The van der Waals surface area contributed by atoms with E-state index in [0.29, 0.717) is 0 Å². The van der Waals surface area contributed by atoms with Crippen molar-refractivity contribution in [3.05, 3.63) is 42.0 Å². The zero-order chi connectivity index (χ0) is 13.9. The number of hydrogen-bond donors (Lipinski definition) is 2. The van der Waals surface area contributed by atoms with Gasteiger partial charge >= 0.3 is 0 Å². The first-order valence-corrected chi connectivity index (χ1v) is 4.88. The number of halogens is 4. The molecule has 0 radical (unpaired) electrons. The quantitative estimate of drug-likeness (QED) is 0.496. The third-order valence-corrected chi connectivity index (χ3v) is 2.12. The van der Waals surface area contributed by atoms with Crippen molar-refractivity contribution < 1.29 is 22.4 Å². The van der Waals surface area contributed by atoms with Crippen LogP contribution in [0.3, 0.4) is 0 Å². The van der Waals surface area contributed by atoms with Crippen LogP contribution in [0.4, 0.5) is 23.2 Å². The number of rotatable bonds is 4. The van der Waals surface area contributed by atoms with E-state index in [1.165, 1.54) is 6.08 Å². The molecule has 1 unspecified atom stereocenters. The fourth-order valence-electron chi connectivity index (χ4n) is 1.19. The Hall–Kier alpha value is -1.89. The van der Waals surface area contributed by atoms with Crippen molar-refractivity contribution in [1.82, 2.24) is 0 Å². The molecule has 98 valence electrons. The van der Waals surface area contributed by atoms with E-state index in [9.17, 15) is 22.4 Å². The van der Waals surface area contributed by atoms with Crippen LogP contribution in [0.2, 0.25) is 0 Å². The smallest absolute Gasteiger partial charge is 0.241 e. The van der Waals surface area contributed by atoms with Crippen molar-refractivity contribution >= 4 is 11.6 Å². The fraction of sp³-hybridized carbons (Fsp3) is 0.182. The molecule has 0 bridgehead atoms. The predicted octanol–water partition coefficient (Wildman–Crippen LogP) is 2.08. The molecule has 1 atom stereocenters. The van der Waals surface area contributed by atoms with Crippen molar-refractivity contribution in [2.75, 3.05) is 5.32 Å². The summed E-state index contributed by atoms with van der Waals surface area (Å²) < 4.78 is 52.1. The molecule has 0 saturated carbocycles. The van der Waals surface area contributed by atoms with Crippen LogP contribution in [0.15, 0.2) is 18.7 Å². The lowest BCUT2D eigenvalue weighted by Gasteiger charge is -2.12. The van der Waals surface area contributed by atoms with E-state index in [2.05, 4.69) is 6.58 Å². The van der Waals surface area contributed by atoms with Gasteiger partial charge in [-0.2, -0.15) is 0 Å². The SMILES string of the molecule is C=CCC(N)C(=O)Nc1c(F)c(F)cc(F)c1F. The van der Waals surface area contributed by atoms with Gasteiger partial charge in [-0.05, 0) is 6.42 Å². The van der Waals surface area contributed by atoms with Gasteiger partial charge in [0, 0.05) is 6.07 Å². The highest BCUT2D eigenvalue weighted by atomic mass is 19.2. The Morgan fingerprint density at radius 2 is 1.83 bits per heavy atom. The van der Waals surface area contributed by atoms with Crippen LogP contribution < -0.4 is 11.1 Å². The van der Waals surface area contributed by atoms with Crippen molar-refractivity contribution in [3.63, 3.8) is 0 Å². The molecule has 0 saturated heterocycles. The van der Waals surface area contributed by atoms with Crippen molar-refractivity contribution in [2.24, 2.45) is 5.73 Å². The molecule has 1 aromatic carbocycles. The van der Waals surface area contributed by atoms with Crippen molar-refractivity contribution in [3.8, 4) is 0 Å². The van der Waals surface area contributed by atoms with Crippen molar-refractivity contribution in [2.45, 2.75) is 12.5 Å². The van der Waals surface area contributed by atoms with Crippen LogP contribution in [0, 0.1) is 23.3 Å². The Balaban J connectivity index is 3.04. The lowest BCUT2D eigenvalue weighted by Crippen LogP contribution is -2.35. The predicted molar refractivity (Wildman–Crippen MR) is 57.7 cm³/mol. The number of anilines is 1. The number of nitrogens with two attached hydrogens (primary N) is 1. The van der Waals surface area contributed by atoms with Gasteiger partial charge in [0.25, 0.3) is 0 Å². The highest BCUT2D eigenvalue weighted by molar-refractivity contribution is 5.95. The van der Waals surface area contributed by atoms with Crippen LogP contribution in [0.5, 0.6) is 0 Å². The molecule has 0 aliphatic heterocycles. The first kappa shape index (κ1) is 14.2. The highest BCUT2D eigenvalue weighted by Crippen LogP contribution is 2.24. The topological polar surface area (TPSA) is 55.1 Å². The van der Waals surface area contributed by atoms with Crippen LogP contribution in [-0.2, 0) is 4.79 Å². The molecule has 3 N–H and O–H groups in total. The molecule has 1 rings (SSSR count). The average Bonchev–Trinajstić information content (AvgIpc) is 2.32. The molecule has 7 heteroatoms. The van der Waals surface area contributed by atoms with Gasteiger partial charge in [0.15, 0.2) is 23.3 Å². The van der Waals surface area contributed by atoms with Gasteiger partial charge < -0.3 is 11.1 Å². The van der Waals surface area contributed by atoms with Gasteiger partial charge in [-0.3, -0.25) is 4.79 Å². The van der Waals surface area contributed by atoms with E-state index in [1.807, 2.05) is 0 Å². The summed E-state index contributed by atoms with van der Waals surface area (Å²) in [5, 5.41) is 1.70. The normalized spacial score (nSPS) is 12.1. The molecule has 0 heterocycles. The molecule has 18 heavy (non-hydrogen) atoms. The Morgan fingerprint density at radius 1 is 1.33 bits per heavy atom. The third kappa shape index (κ3) is 2.86. The summed E-state index contributed by atoms with van der Waals surface area (Å²) >= 11 is 0. The molecule has 1 aromatic rings. The van der Waals surface area contributed by atoms with Crippen molar-refractivity contribution in [1.29, 1.82) is 0 Å². The fourth-order valence-corrected chi connectivity index (χ4v) is 1.19.